The summed E-state index contributed by atoms with van der Waals surface area (Å²) >= 11 is 0. The standard InChI is InChI=1S/C18H33N5/c1-6-8-9-11-15(3)21-18(19-7-2)20-14-16-12-10-13-17(22-16)23(4)5/h10,12-13,15H,6-9,11,14H2,1-5H3,(H2,19,20,21). The van der Waals surface area contributed by atoms with Crippen LogP contribution in [0.5, 0.6) is 0 Å². The van der Waals surface area contributed by atoms with Crippen LogP contribution >= 0.6 is 0 Å². The van der Waals surface area contributed by atoms with Crippen LogP contribution in [0.1, 0.15) is 52.1 Å². The number of aliphatic imine (C=N–C) groups is 1. The topological polar surface area (TPSA) is 52.6 Å². The zero-order chi connectivity index (χ0) is 17.1. The molecule has 2 N–H and O–H groups in total. The van der Waals surface area contributed by atoms with E-state index in [0.717, 1.165) is 24.0 Å². The van der Waals surface area contributed by atoms with Gasteiger partial charge < -0.3 is 15.5 Å². The van der Waals surface area contributed by atoms with E-state index in [1.807, 2.05) is 37.2 Å². The second-order valence-corrected chi connectivity index (χ2v) is 6.12. The maximum Gasteiger partial charge on any atom is 0.191 e. The summed E-state index contributed by atoms with van der Waals surface area (Å²) in [6.45, 7) is 7.98. The van der Waals surface area contributed by atoms with Gasteiger partial charge in [0, 0.05) is 26.7 Å². The van der Waals surface area contributed by atoms with Gasteiger partial charge >= 0.3 is 0 Å². The molecule has 0 saturated carbocycles. The molecular weight excluding hydrogens is 286 g/mol. The first-order valence-electron chi connectivity index (χ1n) is 8.74. The molecule has 5 nitrogen and oxygen atoms in total. The number of guanidine groups is 1. The van der Waals surface area contributed by atoms with Gasteiger partial charge in [-0.15, -0.1) is 0 Å². The van der Waals surface area contributed by atoms with Gasteiger partial charge in [-0.25, -0.2) is 9.98 Å². The number of aromatic nitrogens is 1. The second kappa shape index (κ2) is 10.9. The molecule has 23 heavy (non-hydrogen) atoms. The minimum absolute atomic E-state index is 0.431. The quantitative estimate of drug-likeness (QED) is 0.417. The number of pyridine rings is 1. The lowest BCUT2D eigenvalue weighted by Gasteiger charge is -2.18. The summed E-state index contributed by atoms with van der Waals surface area (Å²) < 4.78 is 0. The largest absolute Gasteiger partial charge is 0.363 e. The Kier molecular flexibility index (Phi) is 9.10. The smallest absolute Gasteiger partial charge is 0.191 e. The Balaban J connectivity index is 2.62. The Labute approximate surface area is 141 Å². The highest BCUT2D eigenvalue weighted by atomic mass is 15.2. The number of nitrogens with zero attached hydrogens (tertiary/aromatic N) is 3. The molecule has 1 aromatic rings. The van der Waals surface area contributed by atoms with Crippen molar-refractivity contribution >= 4 is 11.8 Å². The minimum Gasteiger partial charge on any atom is -0.363 e. The molecule has 0 radical (unpaired) electrons. The Hall–Kier alpha value is -1.78. The fourth-order valence-corrected chi connectivity index (χ4v) is 2.29. The van der Waals surface area contributed by atoms with Gasteiger partial charge in [0.15, 0.2) is 5.96 Å². The first kappa shape index (κ1) is 19.3. The normalized spacial score (nSPS) is 12.8. The minimum atomic E-state index is 0.431. The van der Waals surface area contributed by atoms with E-state index in [1.165, 1.54) is 25.7 Å². The highest BCUT2D eigenvalue weighted by Gasteiger charge is 2.05. The van der Waals surface area contributed by atoms with Crippen molar-refractivity contribution in [3.63, 3.8) is 0 Å². The van der Waals surface area contributed by atoms with E-state index in [-0.39, 0.29) is 0 Å². The summed E-state index contributed by atoms with van der Waals surface area (Å²) in [6.07, 6.45) is 4.98. The Bertz CT molecular complexity index is 470. The Morgan fingerprint density at radius 1 is 1.26 bits per heavy atom. The molecule has 1 unspecified atom stereocenters. The van der Waals surface area contributed by atoms with Crippen LogP contribution in [-0.2, 0) is 6.54 Å². The van der Waals surface area contributed by atoms with Gasteiger partial charge in [0.1, 0.15) is 5.82 Å². The fraction of sp³-hybridized carbons (Fsp3) is 0.667. The molecule has 1 heterocycles. The number of unbranched alkanes of at least 4 members (excludes halogenated alkanes) is 2. The van der Waals surface area contributed by atoms with Crippen LogP contribution < -0.4 is 15.5 Å². The summed E-state index contributed by atoms with van der Waals surface area (Å²) in [5, 5.41) is 6.80. The molecule has 0 fully saturated rings. The van der Waals surface area contributed by atoms with Crippen LogP contribution in [0.3, 0.4) is 0 Å². The molecule has 0 aliphatic carbocycles. The third kappa shape index (κ3) is 7.86. The van der Waals surface area contributed by atoms with Crippen molar-refractivity contribution in [1.29, 1.82) is 0 Å². The summed E-state index contributed by atoms with van der Waals surface area (Å²) in [7, 11) is 4.00. The first-order valence-corrected chi connectivity index (χ1v) is 8.74. The van der Waals surface area contributed by atoms with Gasteiger partial charge in [-0.05, 0) is 32.4 Å². The molecule has 0 bridgehead atoms. The molecule has 0 aromatic carbocycles. The number of hydrogen-bond acceptors (Lipinski definition) is 3. The summed E-state index contributed by atoms with van der Waals surface area (Å²) in [5.74, 6) is 1.83. The van der Waals surface area contributed by atoms with E-state index in [4.69, 9.17) is 0 Å². The van der Waals surface area contributed by atoms with E-state index in [2.05, 4.69) is 41.4 Å². The fourth-order valence-electron chi connectivity index (χ4n) is 2.29. The maximum absolute atomic E-state index is 4.67. The van der Waals surface area contributed by atoms with E-state index in [0.29, 0.717) is 12.6 Å². The zero-order valence-electron chi connectivity index (χ0n) is 15.4. The molecule has 5 heteroatoms. The average molecular weight is 319 g/mol. The molecule has 0 saturated heterocycles. The SMILES string of the molecule is CCCCCC(C)NC(=NCc1cccc(N(C)C)n1)NCC. The van der Waals surface area contributed by atoms with Crippen molar-refractivity contribution in [2.45, 2.75) is 59.0 Å². The van der Waals surface area contributed by atoms with Crippen LogP contribution in [0.2, 0.25) is 0 Å². The maximum atomic E-state index is 4.67. The van der Waals surface area contributed by atoms with Gasteiger partial charge in [-0.1, -0.05) is 32.3 Å². The molecule has 0 spiro atoms. The predicted molar refractivity (Wildman–Crippen MR) is 100 cm³/mol. The average Bonchev–Trinajstić information content (AvgIpc) is 2.53. The van der Waals surface area contributed by atoms with E-state index >= 15 is 0 Å². The second-order valence-electron chi connectivity index (χ2n) is 6.12. The van der Waals surface area contributed by atoms with E-state index in [9.17, 15) is 0 Å². The third-order valence-electron chi connectivity index (χ3n) is 3.62. The summed E-state index contributed by atoms with van der Waals surface area (Å²) in [4.78, 5) is 11.3. The van der Waals surface area contributed by atoms with Crippen molar-refractivity contribution in [2.75, 3.05) is 25.5 Å². The first-order chi connectivity index (χ1) is 11.1. The van der Waals surface area contributed by atoms with Crippen molar-refractivity contribution in [3.05, 3.63) is 23.9 Å². The molecule has 0 amide bonds. The van der Waals surface area contributed by atoms with Gasteiger partial charge in [0.05, 0.1) is 12.2 Å². The third-order valence-corrected chi connectivity index (χ3v) is 3.62. The number of hydrogen-bond donors (Lipinski definition) is 2. The van der Waals surface area contributed by atoms with Gasteiger partial charge in [0.2, 0.25) is 0 Å². The van der Waals surface area contributed by atoms with Crippen molar-refractivity contribution in [2.24, 2.45) is 4.99 Å². The van der Waals surface area contributed by atoms with Crippen LogP contribution in [0.4, 0.5) is 5.82 Å². The van der Waals surface area contributed by atoms with Crippen molar-refractivity contribution in [3.8, 4) is 0 Å². The van der Waals surface area contributed by atoms with Crippen LogP contribution in [0.15, 0.2) is 23.2 Å². The van der Waals surface area contributed by atoms with Crippen LogP contribution in [-0.4, -0.2) is 37.6 Å². The highest BCUT2D eigenvalue weighted by molar-refractivity contribution is 5.80. The van der Waals surface area contributed by atoms with Crippen molar-refractivity contribution in [1.82, 2.24) is 15.6 Å². The number of rotatable bonds is 9. The molecule has 0 aliphatic heterocycles. The number of nitrogens with one attached hydrogen (secondary N) is 2. The molecule has 1 atom stereocenters. The molecular formula is C18H33N5. The molecule has 130 valence electrons. The van der Waals surface area contributed by atoms with Gasteiger partial charge in [-0.3, -0.25) is 0 Å². The predicted octanol–water partition coefficient (Wildman–Crippen LogP) is 3.17. The van der Waals surface area contributed by atoms with Gasteiger partial charge in [-0.2, -0.15) is 0 Å². The lowest BCUT2D eigenvalue weighted by molar-refractivity contribution is 0.546. The Morgan fingerprint density at radius 2 is 2.04 bits per heavy atom. The Morgan fingerprint density at radius 3 is 2.70 bits per heavy atom. The lowest BCUT2D eigenvalue weighted by atomic mass is 10.1. The van der Waals surface area contributed by atoms with Crippen LogP contribution in [0, 0.1) is 0 Å². The van der Waals surface area contributed by atoms with E-state index < -0.39 is 0 Å². The summed E-state index contributed by atoms with van der Waals surface area (Å²) in [6, 6.07) is 6.48. The lowest BCUT2D eigenvalue weighted by Crippen LogP contribution is -2.42. The molecule has 1 aromatic heterocycles. The summed E-state index contributed by atoms with van der Waals surface area (Å²) in [5.41, 5.74) is 0.979. The van der Waals surface area contributed by atoms with Crippen LogP contribution in [0.25, 0.3) is 0 Å². The van der Waals surface area contributed by atoms with Gasteiger partial charge in [0.25, 0.3) is 0 Å². The molecule has 0 aliphatic rings. The highest BCUT2D eigenvalue weighted by Crippen LogP contribution is 2.08. The van der Waals surface area contributed by atoms with E-state index in [1.54, 1.807) is 0 Å². The van der Waals surface area contributed by atoms with Crippen molar-refractivity contribution < 1.29 is 0 Å². The number of anilines is 1. The molecule has 1 rings (SSSR count). The zero-order valence-corrected chi connectivity index (χ0v) is 15.4. The monoisotopic (exact) mass is 319 g/mol.